The molecule has 0 heterocycles. The van der Waals surface area contributed by atoms with Gasteiger partial charge in [0.05, 0.1) is 12.0 Å². The number of carboxylic acid groups (broad SMARTS) is 1. The van der Waals surface area contributed by atoms with Crippen molar-refractivity contribution in [3.05, 3.63) is 0 Å². The van der Waals surface area contributed by atoms with Gasteiger partial charge in [0.2, 0.25) is 11.8 Å². The Kier molecular flexibility index (Phi) is 7.79. The van der Waals surface area contributed by atoms with E-state index in [0.717, 1.165) is 6.42 Å². The van der Waals surface area contributed by atoms with Crippen molar-refractivity contribution in [2.24, 2.45) is 5.41 Å². The highest BCUT2D eigenvalue weighted by Gasteiger charge is 2.37. The summed E-state index contributed by atoms with van der Waals surface area (Å²) in [5.74, 6) is -1.63. The topological polar surface area (TPSA) is 95.5 Å². The second-order valence-corrected chi connectivity index (χ2v) is 4.60. The first-order valence-corrected chi connectivity index (χ1v) is 6.68. The molecule has 0 aliphatic heterocycles. The van der Waals surface area contributed by atoms with Gasteiger partial charge in [-0.25, -0.2) is 0 Å². The highest BCUT2D eigenvalue weighted by atomic mass is 16.4. The van der Waals surface area contributed by atoms with E-state index in [2.05, 4.69) is 10.6 Å². The lowest BCUT2D eigenvalue weighted by atomic mass is 9.79. The molecule has 0 radical (unpaired) electrons. The molecule has 3 N–H and O–H groups in total. The Hall–Kier alpha value is -1.59. The molecule has 0 unspecified atom stereocenters. The van der Waals surface area contributed by atoms with Crippen LogP contribution in [0, 0.1) is 5.41 Å². The van der Waals surface area contributed by atoms with Crippen LogP contribution in [-0.2, 0) is 14.4 Å². The molecule has 2 amide bonds. The predicted octanol–water partition coefficient (Wildman–Crippen LogP) is 0.910. The fraction of sp³-hybridized carbons (Fsp3) is 0.769. The molecule has 0 aromatic heterocycles. The van der Waals surface area contributed by atoms with E-state index in [1.165, 1.54) is 0 Å². The van der Waals surface area contributed by atoms with Crippen LogP contribution in [0.25, 0.3) is 0 Å². The van der Waals surface area contributed by atoms with E-state index in [9.17, 15) is 19.5 Å². The number of carboxylic acids is 1. The monoisotopic (exact) mass is 272 g/mol. The third-order valence-corrected chi connectivity index (χ3v) is 3.32. The number of rotatable bonds is 9. The highest BCUT2D eigenvalue weighted by Crippen LogP contribution is 2.30. The van der Waals surface area contributed by atoms with Crippen LogP contribution < -0.4 is 10.6 Å². The Morgan fingerprint density at radius 3 is 2.00 bits per heavy atom. The van der Waals surface area contributed by atoms with Crippen molar-refractivity contribution >= 4 is 17.8 Å². The molecule has 0 bridgehead atoms. The van der Waals surface area contributed by atoms with E-state index in [-0.39, 0.29) is 18.9 Å². The van der Waals surface area contributed by atoms with Crippen molar-refractivity contribution in [2.75, 3.05) is 13.1 Å². The van der Waals surface area contributed by atoms with Gasteiger partial charge in [0, 0.05) is 13.0 Å². The summed E-state index contributed by atoms with van der Waals surface area (Å²) in [7, 11) is 0. The quantitative estimate of drug-likeness (QED) is 0.581. The Morgan fingerprint density at radius 1 is 1.00 bits per heavy atom. The minimum atomic E-state index is -1.04. The molecular weight excluding hydrogens is 248 g/mol. The number of carbonyl (C=O) groups is 3. The summed E-state index contributed by atoms with van der Waals surface area (Å²) in [4.78, 5) is 34.2. The molecule has 0 aromatic rings. The lowest BCUT2D eigenvalue weighted by molar-refractivity contribution is -0.152. The van der Waals surface area contributed by atoms with Gasteiger partial charge in [0.1, 0.15) is 0 Å². The van der Waals surface area contributed by atoms with Gasteiger partial charge in [-0.2, -0.15) is 0 Å². The highest BCUT2D eigenvalue weighted by molar-refractivity contribution is 5.88. The van der Waals surface area contributed by atoms with E-state index in [1.54, 1.807) is 13.8 Å². The molecule has 19 heavy (non-hydrogen) atoms. The molecule has 0 saturated heterocycles. The molecule has 0 rings (SSSR count). The summed E-state index contributed by atoms with van der Waals surface area (Å²) in [5.41, 5.74) is -1.04. The number of hydrogen-bond acceptors (Lipinski definition) is 3. The van der Waals surface area contributed by atoms with Crippen molar-refractivity contribution in [2.45, 2.75) is 46.5 Å². The first-order valence-electron chi connectivity index (χ1n) is 6.68. The minimum absolute atomic E-state index is 0.101. The normalized spacial score (nSPS) is 10.9. The third-order valence-electron chi connectivity index (χ3n) is 3.32. The van der Waals surface area contributed by atoms with E-state index in [0.29, 0.717) is 19.4 Å². The zero-order valence-electron chi connectivity index (χ0n) is 11.9. The fourth-order valence-electron chi connectivity index (χ4n) is 1.75. The fourth-order valence-corrected chi connectivity index (χ4v) is 1.75. The van der Waals surface area contributed by atoms with Crippen molar-refractivity contribution in [3.8, 4) is 0 Å². The summed E-state index contributed by atoms with van der Waals surface area (Å²) in [6, 6.07) is 0. The van der Waals surface area contributed by atoms with Crippen LogP contribution in [-0.4, -0.2) is 36.0 Å². The maximum atomic E-state index is 11.7. The Labute approximate surface area is 113 Å². The van der Waals surface area contributed by atoms with Crippen LogP contribution in [0.2, 0.25) is 0 Å². The summed E-state index contributed by atoms with van der Waals surface area (Å²) in [6.07, 6.45) is 1.49. The van der Waals surface area contributed by atoms with Crippen molar-refractivity contribution in [1.82, 2.24) is 10.6 Å². The number of nitrogens with one attached hydrogen (secondary N) is 2. The lowest BCUT2D eigenvalue weighted by Gasteiger charge is -2.25. The van der Waals surface area contributed by atoms with Gasteiger partial charge in [-0.1, -0.05) is 20.8 Å². The molecule has 6 heteroatoms. The predicted molar refractivity (Wildman–Crippen MR) is 71.6 cm³/mol. The smallest absolute Gasteiger partial charge is 0.310 e. The first-order chi connectivity index (χ1) is 8.91. The molecule has 0 aliphatic carbocycles. The van der Waals surface area contributed by atoms with Gasteiger partial charge in [-0.15, -0.1) is 0 Å². The van der Waals surface area contributed by atoms with Gasteiger partial charge in [0.25, 0.3) is 0 Å². The summed E-state index contributed by atoms with van der Waals surface area (Å²) < 4.78 is 0. The first kappa shape index (κ1) is 17.4. The van der Waals surface area contributed by atoms with Crippen LogP contribution in [0.1, 0.15) is 46.5 Å². The van der Waals surface area contributed by atoms with Gasteiger partial charge in [0.15, 0.2) is 0 Å². The standard InChI is InChI=1S/C13H24N2O4/c1-4-7-14-11(17)9-15-10(16)8-13(5-2,6-3)12(18)19/h4-9H2,1-3H3,(H,14,17)(H,15,16)(H,18,19). The second-order valence-electron chi connectivity index (χ2n) is 4.60. The van der Waals surface area contributed by atoms with Crippen molar-refractivity contribution in [3.63, 3.8) is 0 Å². The average Bonchev–Trinajstić information content (AvgIpc) is 2.39. The Balaban J connectivity index is 4.29. The molecule has 0 atom stereocenters. The molecular formula is C13H24N2O4. The second kappa shape index (κ2) is 8.50. The summed E-state index contributed by atoms with van der Waals surface area (Å²) in [6.45, 7) is 5.89. The summed E-state index contributed by atoms with van der Waals surface area (Å²) >= 11 is 0. The Morgan fingerprint density at radius 2 is 1.58 bits per heavy atom. The maximum absolute atomic E-state index is 11.7. The van der Waals surface area contributed by atoms with Gasteiger partial charge in [-0.05, 0) is 19.3 Å². The zero-order valence-corrected chi connectivity index (χ0v) is 11.9. The molecule has 6 nitrogen and oxygen atoms in total. The van der Waals surface area contributed by atoms with Crippen LogP contribution in [0.4, 0.5) is 0 Å². The van der Waals surface area contributed by atoms with E-state index in [4.69, 9.17) is 0 Å². The van der Waals surface area contributed by atoms with E-state index >= 15 is 0 Å². The summed E-state index contributed by atoms with van der Waals surface area (Å²) in [5, 5.41) is 14.3. The molecule has 0 aromatic carbocycles. The van der Waals surface area contributed by atoms with E-state index in [1.807, 2.05) is 6.92 Å². The average molecular weight is 272 g/mol. The van der Waals surface area contributed by atoms with Crippen LogP contribution in [0.5, 0.6) is 0 Å². The number of aliphatic carboxylic acids is 1. The molecule has 0 saturated carbocycles. The SMILES string of the molecule is CCCNC(=O)CNC(=O)CC(CC)(CC)C(=O)O. The molecule has 110 valence electrons. The molecule has 0 spiro atoms. The minimum Gasteiger partial charge on any atom is -0.481 e. The Bertz CT molecular complexity index is 325. The number of amides is 2. The zero-order chi connectivity index (χ0) is 14.9. The van der Waals surface area contributed by atoms with Gasteiger partial charge in [-0.3, -0.25) is 14.4 Å². The molecule has 0 fully saturated rings. The van der Waals surface area contributed by atoms with E-state index < -0.39 is 17.3 Å². The number of hydrogen-bond donors (Lipinski definition) is 3. The van der Waals surface area contributed by atoms with Gasteiger partial charge >= 0.3 is 5.97 Å². The maximum Gasteiger partial charge on any atom is 0.310 e. The van der Waals surface area contributed by atoms with Crippen molar-refractivity contribution in [1.29, 1.82) is 0 Å². The van der Waals surface area contributed by atoms with Gasteiger partial charge < -0.3 is 15.7 Å². The molecule has 0 aliphatic rings. The van der Waals surface area contributed by atoms with Crippen LogP contribution in [0.15, 0.2) is 0 Å². The lowest BCUT2D eigenvalue weighted by Crippen LogP contribution is -2.41. The third kappa shape index (κ3) is 5.72. The number of carbonyl (C=O) groups excluding carboxylic acids is 2. The van der Waals surface area contributed by atoms with Crippen molar-refractivity contribution < 1.29 is 19.5 Å². The van der Waals surface area contributed by atoms with Crippen LogP contribution >= 0.6 is 0 Å². The largest absolute Gasteiger partial charge is 0.481 e. The van der Waals surface area contributed by atoms with Crippen LogP contribution in [0.3, 0.4) is 0 Å².